The quantitative estimate of drug-likeness (QED) is 0.412. The number of aromatic nitrogens is 1. The maximum absolute atomic E-state index is 13.2. The van der Waals surface area contributed by atoms with Crippen LogP contribution in [0.25, 0.3) is 11.3 Å². The van der Waals surface area contributed by atoms with E-state index >= 15 is 0 Å². The van der Waals surface area contributed by atoms with Gasteiger partial charge in [-0.2, -0.15) is 4.73 Å². The first-order valence-corrected chi connectivity index (χ1v) is 9.52. The molecule has 2 rings (SSSR count). The lowest BCUT2D eigenvalue weighted by atomic mass is 9.97. The number of ether oxygens (including phenoxy) is 2. The van der Waals surface area contributed by atoms with Crippen molar-refractivity contribution < 1.29 is 19.0 Å². The Bertz CT molecular complexity index is 887. The number of halogens is 1. The van der Waals surface area contributed by atoms with Gasteiger partial charge in [-0.25, -0.2) is 4.79 Å². The predicted molar refractivity (Wildman–Crippen MR) is 110 cm³/mol. The fraction of sp³-hybridized carbons (Fsp3) is 0.455. The Balaban J connectivity index is 2.75. The molecule has 0 amide bonds. The van der Waals surface area contributed by atoms with Crippen molar-refractivity contribution in [1.29, 1.82) is 0 Å². The van der Waals surface area contributed by atoms with E-state index in [1.54, 1.807) is 13.8 Å². The molecule has 152 valence electrons. The van der Waals surface area contributed by atoms with Crippen LogP contribution in [0.1, 0.15) is 54.8 Å². The topological polar surface area (TPSA) is 62.5 Å². The molecule has 28 heavy (non-hydrogen) atoms. The summed E-state index contributed by atoms with van der Waals surface area (Å²) in [5.41, 5.74) is 4.07. The summed E-state index contributed by atoms with van der Waals surface area (Å²) in [6, 6.07) is 5.84. The summed E-state index contributed by atoms with van der Waals surface area (Å²) in [5.74, 6) is -0.599. The van der Waals surface area contributed by atoms with Gasteiger partial charge >= 0.3 is 5.97 Å². The highest BCUT2D eigenvalue weighted by molar-refractivity contribution is 6.32. The first-order chi connectivity index (χ1) is 12.9. The van der Waals surface area contributed by atoms with Crippen molar-refractivity contribution in [3.63, 3.8) is 0 Å². The van der Waals surface area contributed by atoms with Gasteiger partial charge in [-0.3, -0.25) is 0 Å². The van der Waals surface area contributed by atoms with Gasteiger partial charge in [-0.05, 0) is 64.8 Å². The molecule has 1 atom stereocenters. The van der Waals surface area contributed by atoms with Crippen LogP contribution < -0.4 is 4.73 Å². The Morgan fingerprint density at radius 3 is 2.25 bits per heavy atom. The van der Waals surface area contributed by atoms with E-state index < -0.39 is 17.7 Å². The molecule has 6 heteroatoms. The number of hydrogen-bond acceptors (Lipinski definition) is 4. The van der Waals surface area contributed by atoms with Gasteiger partial charge in [0.2, 0.25) is 5.69 Å². The number of esters is 1. The predicted octanol–water partition coefficient (Wildman–Crippen LogP) is 4.90. The highest BCUT2D eigenvalue weighted by atomic mass is 35.5. The summed E-state index contributed by atoms with van der Waals surface area (Å²) in [6.07, 6.45) is -1.09. The Labute approximate surface area is 171 Å². The van der Waals surface area contributed by atoms with Crippen LogP contribution in [0, 0.1) is 32.9 Å². The number of pyridine rings is 1. The molecule has 0 bridgehead atoms. The zero-order valence-electron chi connectivity index (χ0n) is 17.8. The molecule has 0 spiro atoms. The van der Waals surface area contributed by atoms with Crippen molar-refractivity contribution in [2.24, 2.45) is 0 Å². The van der Waals surface area contributed by atoms with Crippen LogP contribution in [0.5, 0.6) is 0 Å². The normalized spacial score (nSPS) is 12.8. The van der Waals surface area contributed by atoms with Gasteiger partial charge in [0.15, 0.2) is 11.8 Å². The van der Waals surface area contributed by atoms with Gasteiger partial charge in [-0.15, -0.1) is 0 Å². The zero-order valence-corrected chi connectivity index (χ0v) is 18.5. The Morgan fingerprint density at radius 2 is 1.75 bits per heavy atom. The molecule has 0 saturated carbocycles. The molecular weight excluding hydrogens is 378 g/mol. The molecule has 0 aliphatic carbocycles. The van der Waals surface area contributed by atoms with E-state index in [2.05, 4.69) is 0 Å². The minimum Gasteiger partial charge on any atom is -0.618 e. The van der Waals surface area contributed by atoms with E-state index in [9.17, 15) is 10.0 Å². The minimum absolute atomic E-state index is 0.309. The smallest absolute Gasteiger partial charge is 0.340 e. The molecular formula is C22H28ClNO4. The molecule has 0 unspecified atom stereocenters. The molecule has 0 aliphatic heterocycles. The van der Waals surface area contributed by atoms with Crippen LogP contribution in [0.15, 0.2) is 18.2 Å². The average molecular weight is 406 g/mol. The van der Waals surface area contributed by atoms with Crippen LogP contribution in [0.2, 0.25) is 5.02 Å². The summed E-state index contributed by atoms with van der Waals surface area (Å²) < 4.78 is 11.7. The highest BCUT2D eigenvalue weighted by Gasteiger charge is 2.36. The first-order valence-electron chi connectivity index (χ1n) is 9.14. The van der Waals surface area contributed by atoms with E-state index in [1.807, 2.05) is 52.8 Å². The van der Waals surface area contributed by atoms with Crippen LogP contribution in [-0.4, -0.2) is 18.7 Å². The van der Waals surface area contributed by atoms with E-state index in [1.165, 1.54) is 7.11 Å². The Hall–Kier alpha value is -2.11. The first kappa shape index (κ1) is 22.2. The maximum Gasteiger partial charge on any atom is 0.340 e. The molecule has 1 aromatic carbocycles. The fourth-order valence-corrected chi connectivity index (χ4v) is 3.43. The molecule has 2 aromatic rings. The van der Waals surface area contributed by atoms with E-state index in [0.29, 0.717) is 27.5 Å². The van der Waals surface area contributed by atoms with Crippen molar-refractivity contribution in [3.8, 4) is 11.3 Å². The second-order valence-corrected chi connectivity index (χ2v) is 8.39. The lowest BCUT2D eigenvalue weighted by molar-refractivity contribution is -0.601. The Morgan fingerprint density at radius 1 is 1.14 bits per heavy atom. The SMILES string of the molecule is COC(=O)[C@@H](OC(C)(C)C)c1c(Cl)c(C)c(-c2ccc(C)c(C)c2)[n+]([O-])c1C. The van der Waals surface area contributed by atoms with Crippen molar-refractivity contribution in [1.82, 2.24) is 0 Å². The maximum atomic E-state index is 13.2. The average Bonchev–Trinajstić information content (AvgIpc) is 2.60. The molecule has 5 nitrogen and oxygen atoms in total. The van der Waals surface area contributed by atoms with Crippen LogP contribution in [0.4, 0.5) is 0 Å². The van der Waals surface area contributed by atoms with Crippen molar-refractivity contribution >= 4 is 17.6 Å². The third kappa shape index (κ3) is 4.31. The summed E-state index contributed by atoms with van der Waals surface area (Å²) >= 11 is 6.68. The fourth-order valence-electron chi connectivity index (χ4n) is 3.11. The molecule has 0 saturated heterocycles. The number of hydrogen-bond donors (Lipinski definition) is 0. The standard InChI is InChI=1S/C22H28ClNO4/c1-12-9-10-16(11-13(12)2)19-14(3)18(23)17(15(4)24(19)26)20(21(25)27-8)28-22(5,6)7/h9-11,20H,1-8H3/t20-/m0/s1. The van der Waals surface area contributed by atoms with Gasteiger partial charge in [0, 0.05) is 18.1 Å². The van der Waals surface area contributed by atoms with Crippen molar-refractivity contribution in [2.75, 3.05) is 7.11 Å². The number of carbonyl (C=O) groups excluding carboxylic acids is 1. The van der Waals surface area contributed by atoms with E-state index in [0.717, 1.165) is 21.4 Å². The number of methoxy groups -OCH3 is 1. The summed E-state index contributed by atoms with van der Waals surface area (Å²) in [5, 5.41) is 13.5. The zero-order chi connectivity index (χ0) is 21.4. The summed E-state index contributed by atoms with van der Waals surface area (Å²) in [7, 11) is 1.28. The molecule has 0 fully saturated rings. The van der Waals surface area contributed by atoms with Gasteiger partial charge in [0.25, 0.3) is 0 Å². The van der Waals surface area contributed by atoms with Gasteiger partial charge in [-0.1, -0.05) is 17.7 Å². The van der Waals surface area contributed by atoms with Gasteiger partial charge in [0.05, 0.1) is 23.3 Å². The molecule has 0 N–H and O–H groups in total. The van der Waals surface area contributed by atoms with Crippen molar-refractivity contribution in [3.05, 3.63) is 56.4 Å². The van der Waals surface area contributed by atoms with Crippen molar-refractivity contribution in [2.45, 2.75) is 60.2 Å². The lowest BCUT2D eigenvalue weighted by Gasteiger charge is -2.28. The summed E-state index contributed by atoms with van der Waals surface area (Å²) in [6.45, 7) is 12.9. The lowest BCUT2D eigenvalue weighted by Crippen LogP contribution is -2.38. The number of nitrogens with zero attached hydrogens (tertiary/aromatic N) is 1. The third-order valence-corrected chi connectivity index (χ3v) is 5.23. The second kappa shape index (κ2) is 8.10. The number of rotatable bonds is 4. The van der Waals surface area contributed by atoms with E-state index in [4.69, 9.17) is 21.1 Å². The van der Waals surface area contributed by atoms with Crippen LogP contribution in [0.3, 0.4) is 0 Å². The second-order valence-electron chi connectivity index (χ2n) is 8.01. The molecule has 0 aliphatic rings. The Kier molecular flexibility index (Phi) is 6.41. The molecule has 1 aromatic heterocycles. The monoisotopic (exact) mass is 405 g/mol. The third-order valence-electron chi connectivity index (χ3n) is 4.75. The van der Waals surface area contributed by atoms with Crippen LogP contribution in [-0.2, 0) is 14.3 Å². The number of carbonyl (C=O) groups is 1. The number of benzene rings is 1. The molecule has 0 radical (unpaired) electrons. The van der Waals surface area contributed by atoms with E-state index in [-0.39, 0.29) is 0 Å². The summed E-state index contributed by atoms with van der Waals surface area (Å²) in [4.78, 5) is 12.4. The van der Waals surface area contributed by atoms with Crippen LogP contribution >= 0.6 is 11.6 Å². The highest BCUT2D eigenvalue weighted by Crippen LogP contribution is 2.37. The van der Waals surface area contributed by atoms with Gasteiger partial charge in [0.1, 0.15) is 0 Å². The largest absolute Gasteiger partial charge is 0.618 e. The minimum atomic E-state index is -1.09. The molecule has 1 heterocycles. The van der Waals surface area contributed by atoms with Gasteiger partial charge < -0.3 is 14.7 Å². The number of aryl methyl sites for hydroxylation is 2.